The molecule has 1 aromatic heterocycles. The number of carbonyl (C=O) groups is 1. The van der Waals surface area contributed by atoms with Crippen LogP contribution in [0.1, 0.15) is 85.3 Å². The number of nitriles is 1. The van der Waals surface area contributed by atoms with Gasteiger partial charge in [0.05, 0.1) is 22.2 Å². The van der Waals surface area contributed by atoms with Crippen LogP contribution in [0.3, 0.4) is 0 Å². The molecule has 10 heteroatoms. The quantitative estimate of drug-likeness (QED) is 0.120. The lowest BCUT2D eigenvalue weighted by Gasteiger charge is -2.26. The number of Topliss-reactive ketones (excluding diaryl/α,β-unsaturated/α-hetero) is 1. The molecular weight excluding hydrogens is 707 g/mol. The van der Waals surface area contributed by atoms with Crippen molar-refractivity contribution < 1.29 is 19.0 Å². The molecule has 1 saturated carbocycles. The SMILES string of the molecule is N#Cc1cncc(COc2cc(O[C@H]3CCc4c(-c5cccc(OCCCN6CCCCC6)c5Cl)cccc43)c(Cl)cc2CNC[C@@H]2CCC(=O)C2)c1. The number of hydrogen-bond donors (Lipinski definition) is 1. The Labute approximate surface area is 322 Å². The average molecular weight is 754 g/mol. The standard InChI is InChI=1S/C43H46Cl2N4O4/c44-38-21-32(27-48-24-29-11-12-33(50)20-29)41(52-28-31-19-30(23-46)25-47-26-31)22-42(38)53-39-14-13-35-34(7-4-8-36(35)39)37-9-5-10-40(43(37)45)51-18-6-17-49-15-2-1-3-16-49/h4-5,7-10,19,21-22,25-26,29,39,48H,1-3,6,11-18,20,24,27-28H2/t29-,39+/m1/s1. The number of likely N-dealkylation sites (tertiary alicyclic amines) is 1. The van der Waals surface area contributed by atoms with Gasteiger partial charge in [0.2, 0.25) is 0 Å². The minimum atomic E-state index is -0.205. The highest BCUT2D eigenvalue weighted by atomic mass is 35.5. The number of pyridine rings is 1. The number of piperidine rings is 1. The lowest BCUT2D eigenvalue weighted by molar-refractivity contribution is -0.117. The van der Waals surface area contributed by atoms with Crippen molar-refractivity contribution >= 4 is 29.0 Å². The Morgan fingerprint density at radius 2 is 1.77 bits per heavy atom. The van der Waals surface area contributed by atoms with Gasteiger partial charge in [-0.2, -0.15) is 5.26 Å². The van der Waals surface area contributed by atoms with E-state index in [1.807, 2.05) is 24.3 Å². The summed E-state index contributed by atoms with van der Waals surface area (Å²) in [6, 6.07) is 20.0. The molecule has 7 rings (SSSR count). The van der Waals surface area contributed by atoms with Crippen LogP contribution >= 0.6 is 23.2 Å². The molecule has 276 valence electrons. The smallest absolute Gasteiger partial charge is 0.142 e. The summed E-state index contributed by atoms with van der Waals surface area (Å²) in [5.41, 5.74) is 6.51. The number of nitrogens with one attached hydrogen (secondary N) is 1. The predicted molar refractivity (Wildman–Crippen MR) is 208 cm³/mol. The van der Waals surface area contributed by atoms with Crippen molar-refractivity contribution in [2.24, 2.45) is 5.92 Å². The van der Waals surface area contributed by atoms with E-state index in [4.69, 9.17) is 37.4 Å². The molecule has 3 aromatic carbocycles. The van der Waals surface area contributed by atoms with Crippen molar-refractivity contribution in [2.45, 2.75) is 77.0 Å². The van der Waals surface area contributed by atoms with Crippen LogP contribution in [0.15, 0.2) is 67.0 Å². The first-order valence-electron chi connectivity index (χ1n) is 18.9. The number of fused-ring (bicyclic) bond motifs is 1. The van der Waals surface area contributed by atoms with E-state index in [-0.39, 0.29) is 12.7 Å². The second kappa shape index (κ2) is 17.8. The molecule has 1 aliphatic heterocycles. The fourth-order valence-electron chi connectivity index (χ4n) is 7.83. The Morgan fingerprint density at radius 1 is 0.925 bits per heavy atom. The Morgan fingerprint density at radius 3 is 2.60 bits per heavy atom. The third-order valence-corrected chi connectivity index (χ3v) is 11.3. The van der Waals surface area contributed by atoms with Gasteiger partial charge in [-0.1, -0.05) is 60.0 Å². The van der Waals surface area contributed by atoms with Gasteiger partial charge in [0.1, 0.15) is 41.8 Å². The fraction of sp³-hybridized carbons (Fsp3) is 0.419. The van der Waals surface area contributed by atoms with Crippen LogP contribution in [0.2, 0.25) is 10.0 Å². The van der Waals surface area contributed by atoms with Crippen molar-refractivity contribution in [3.05, 3.63) is 105 Å². The van der Waals surface area contributed by atoms with Crippen LogP contribution in [0.5, 0.6) is 17.2 Å². The van der Waals surface area contributed by atoms with E-state index in [0.717, 1.165) is 66.6 Å². The van der Waals surface area contributed by atoms with E-state index in [1.54, 1.807) is 12.3 Å². The van der Waals surface area contributed by atoms with Gasteiger partial charge >= 0.3 is 0 Å². The van der Waals surface area contributed by atoms with Crippen LogP contribution in [0.25, 0.3) is 11.1 Å². The number of ether oxygens (including phenoxy) is 3. The summed E-state index contributed by atoms with van der Waals surface area (Å²) in [5, 5.41) is 14.0. The molecular formula is C43H46Cl2N4O4. The number of aromatic nitrogens is 1. The lowest BCUT2D eigenvalue weighted by atomic mass is 9.96. The van der Waals surface area contributed by atoms with Gasteiger partial charge in [-0.15, -0.1) is 0 Å². The first-order chi connectivity index (χ1) is 25.9. The molecule has 2 atom stereocenters. The maximum absolute atomic E-state index is 11.8. The summed E-state index contributed by atoms with van der Waals surface area (Å²) >= 11 is 13.9. The molecule has 0 unspecified atom stereocenters. The summed E-state index contributed by atoms with van der Waals surface area (Å²) in [5.74, 6) is 2.56. The van der Waals surface area contributed by atoms with Gasteiger partial charge in [-0.05, 0) is 99.0 Å². The third-order valence-electron chi connectivity index (χ3n) is 10.6. The summed E-state index contributed by atoms with van der Waals surface area (Å²) in [6.07, 6.45) is 11.7. The Kier molecular flexibility index (Phi) is 12.5. The molecule has 0 amide bonds. The number of ketones is 1. The number of rotatable bonds is 15. The van der Waals surface area contributed by atoms with Crippen molar-refractivity contribution in [3.8, 4) is 34.4 Å². The van der Waals surface area contributed by atoms with Gasteiger partial charge in [-0.25, -0.2) is 0 Å². The van der Waals surface area contributed by atoms with Crippen molar-refractivity contribution in [3.63, 3.8) is 0 Å². The van der Waals surface area contributed by atoms with E-state index in [9.17, 15) is 10.1 Å². The molecule has 3 aliphatic rings. The molecule has 1 saturated heterocycles. The number of nitrogens with zero attached hydrogens (tertiary/aromatic N) is 3. The molecule has 2 heterocycles. The minimum absolute atomic E-state index is 0.205. The van der Waals surface area contributed by atoms with Crippen LogP contribution < -0.4 is 19.5 Å². The molecule has 1 N–H and O–H groups in total. The summed E-state index contributed by atoms with van der Waals surface area (Å²) in [6.45, 7) is 5.56. The number of hydrogen-bond acceptors (Lipinski definition) is 8. The molecule has 0 bridgehead atoms. The zero-order valence-electron chi connectivity index (χ0n) is 30.0. The first kappa shape index (κ1) is 37.2. The van der Waals surface area contributed by atoms with E-state index in [0.29, 0.717) is 70.6 Å². The number of benzene rings is 3. The predicted octanol–water partition coefficient (Wildman–Crippen LogP) is 9.29. The molecule has 53 heavy (non-hydrogen) atoms. The van der Waals surface area contributed by atoms with Crippen molar-refractivity contribution in [2.75, 3.05) is 32.8 Å². The summed E-state index contributed by atoms with van der Waals surface area (Å²) < 4.78 is 19.2. The highest BCUT2D eigenvalue weighted by Crippen LogP contribution is 2.45. The van der Waals surface area contributed by atoms with E-state index in [2.05, 4.69) is 45.5 Å². The number of halogens is 2. The first-order valence-corrected chi connectivity index (χ1v) is 19.6. The second-order valence-corrected chi connectivity index (χ2v) is 15.2. The molecule has 0 radical (unpaired) electrons. The van der Waals surface area contributed by atoms with E-state index in [1.165, 1.54) is 44.1 Å². The van der Waals surface area contributed by atoms with Crippen molar-refractivity contribution in [1.29, 1.82) is 5.26 Å². The second-order valence-electron chi connectivity index (χ2n) is 14.4. The maximum Gasteiger partial charge on any atom is 0.142 e. The fourth-order valence-corrected chi connectivity index (χ4v) is 8.34. The van der Waals surface area contributed by atoms with E-state index >= 15 is 0 Å². The van der Waals surface area contributed by atoms with Gasteiger partial charge < -0.3 is 24.4 Å². The Hall–Kier alpha value is -4.13. The number of carbonyl (C=O) groups excluding carboxylic acids is 1. The van der Waals surface area contributed by atoms with Crippen LogP contribution in [-0.4, -0.2) is 48.5 Å². The molecule has 2 aliphatic carbocycles. The zero-order chi connectivity index (χ0) is 36.6. The Balaban J connectivity index is 1.06. The van der Waals surface area contributed by atoms with Gasteiger partial charge in [0.15, 0.2) is 0 Å². The summed E-state index contributed by atoms with van der Waals surface area (Å²) in [7, 11) is 0. The zero-order valence-corrected chi connectivity index (χ0v) is 31.6. The van der Waals surface area contributed by atoms with Crippen LogP contribution in [-0.2, 0) is 24.4 Å². The normalized spacial score (nSPS) is 18.5. The minimum Gasteiger partial charge on any atom is -0.492 e. The molecule has 4 aromatic rings. The Bertz CT molecular complexity index is 1960. The highest BCUT2D eigenvalue weighted by Gasteiger charge is 2.29. The lowest BCUT2D eigenvalue weighted by Crippen LogP contribution is -2.31. The van der Waals surface area contributed by atoms with Crippen LogP contribution in [0.4, 0.5) is 0 Å². The topological polar surface area (TPSA) is 96.7 Å². The third kappa shape index (κ3) is 9.34. The molecule has 0 spiro atoms. The largest absolute Gasteiger partial charge is 0.492 e. The maximum atomic E-state index is 11.8. The molecule has 8 nitrogen and oxygen atoms in total. The summed E-state index contributed by atoms with van der Waals surface area (Å²) in [4.78, 5) is 18.5. The average Bonchev–Trinajstić information content (AvgIpc) is 3.80. The highest BCUT2D eigenvalue weighted by molar-refractivity contribution is 6.35. The van der Waals surface area contributed by atoms with Gasteiger partial charge in [0, 0.05) is 61.1 Å². The van der Waals surface area contributed by atoms with Crippen molar-refractivity contribution in [1.82, 2.24) is 15.2 Å². The van der Waals surface area contributed by atoms with Crippen LogP contribution in [0, 0.1) is 17.2 Å². The molecule has 2 fully saturated rings. The van der Waals surface area contributed by atoms with Gasteiger partial charge in [-0.3, -0.25) is 9.78 Å². The van der Waals surface area contributed by atoms with Gasteiger partial charge in [0.25, 0.3) is 0 Å². The monoisotopic (exact) mass is 752 g/mol. The van der Waals surface area contributed by atoms with E-state index < -0.39 is 0 Å².